The number of hydrogen-bond acceptors (Lipinski definition) is 2. The fraction of sp³-hybridized carbons (Fsp3) is 0.533. The van der Waals surface area contributed by atoms with E-state index in [1.165, 1.54) is 16.7 Å². The molecular weight excluding hydrogens is 242 g/mol. The fourth-order valence-electron chi connectivity index (χ4n) is 1.78. The van der Waals surface area contributed by atoms with E-state index in [0.717, 1.165) is 12.3 Å². The summed E-state index contributed by atoms with van der Waals surface area (Å²) >= 11 is 1.67. The van der Waals surface area contributed by atoms with Gasteiger partial charge in [0.2, 0.25) is 5.91 Å². The Morgan fingerprint density at radius 2 is 1.83 bits per heavy atom. The Morgan fingerprint density at radius 3 is 2.39 bits per heavy atom. The minimum Gasteiger partial charge on any atom is -0.355 e. The van der Waals surface area contributed by atoms with Crippen LogP contribution in [0.15, 0.2) is 18.2 Å². The lowest BCUT2D eigenvalue weighted by atomic mass is 10.1. The quantitative estimate of drug-likeness (QED) is 0.855. The topological polar surface area (TPSA) is 29.1 Å². The van der Waals surface area contributed by atoms with E-state index in [4.69, 9.17) is 0 Å². The third kappa shape index (κ3) is 6.10. The van der Waals surface area contributed by atoms with Gasteiger partial charge in [0, 0.05) is 12.3 Å². The number of carbonyl (C=O) groups is 1. The van der Waals surface area contributed by atoms with Crippen molar-refractivity contribution in [2.24, 2.45) is 5.92 Å². The molecule has 0 aliphatic heterocycles. The lowest BCUT2D eigenvalue weighted by Crippen LogP contribution is -2.28. The Hall–Kier alpha value is -0.960. The zero-order valence-corrected chi connectivity index (χ0v) is 12.6. The molecule has 0 saturated carbocycles. The Morgan fingerprint density at radius 1 is 1.22 bits per heavy atom. The molecule has 0 saturated heterocycles. The van der Waals surface area contributed by atoms with Gasteiger partial charge in [-0.05, 0) is 25.3 Å². The normalized spacial score (nSPS) is 10.7. The SMILES string of the molecule is Cc1cc(C)cc(CSCC(=O)NCC(C)C)c1. The number of carbonyl (C=O) groups excluding carboxylic acids is 1. The summed E-state index contributed by atoms with van der Waals surface area (Å²) in [6.07, 6.45) is 0. The molecule has 1 N–H and O–H groups in total. The Bertz CT molecular complexity index is 381. The highest BCUT2D eigenvalue weighted by molar-refractivity contribution is 7.99. The van der Waals surface area contributed by atoms with E-state index in [2.05, 4.69) is 51.2 Å². The van der Waals surface area contributed by atoms with Crippen LogP contribution in [0.4, 0.5) is 0 Å². The second-order valence-electron chi connectivity index (χ2n) is 5.19. The largest absolute Gasteiger partial charge is 0.355 e. The van der Waals surface area contributed by atoms with Crippen LogP contribution in [0.25, 0.3) is 0 Å². The molecule has 0 unspecified atom stereocenters. The number of aryl methyl sites for hydroxylation is 2. The summed E-state index contributed by atoms with van der Waals surface area (Å²) < 4.78 is 0. The number of hydrogen-bond donors (Lipinski definition) is 1. The van der Waals surface area contributed by atoms with Gasteiger partial charge in [-0.3, -0.25) is 4.79 Å². The molecule has 1 amide bonds. The fourth-order valence-corrected chi connectivity index (χ4v) is 2.57. The molecule has 0 aromatic heterocycles. The van der Waals surface area contributed by atoms with Crippen LogP contribution in [0.2, 0.25) is 0 Å². The van der Waals surface area contributed by atoms with Crippen molar-refractivity contribution < 1.29 is 4.79 Å². The van der Waals surface area contributed by atoms with Gasteiger partial charge in [0.25, 0.3) is 0 Å². The molecule has 100 valence electrons. The molecule has 0 fully saturated rings. The second-order valence-corrected chi connectivity index (χ2v) is 6.17. The summed E-state index contributed by atoms with van der Waals surface area (Å²) in [6.45, 7) is 9.18. The second kappa shape index (κ2) is 7.47. The van der Waals surface area contributed by atoms with Gasteiger partial charge in [-0.15, -0.1) is 11.8 Å². The number of benzene rings is 1. The average Bonchev–Trinajstić information content (AvgIpc) is 2.25. The highest BCUT2D eigenvalue weighted by Gasteiger charge is 2.03. The predicted molar refractivity (Wildman–Crippen MR) is 79.9 cm³/mol. The van der Waals surface area contributed by atoms with Crippen molar-refractivity contribution >= 4 is 17.7 Å². The summed E-state index contributed by atoms with van der Waals surface area (Å²) in [5.41, 5.74) is 3.87. The Kier molecular flexibility index (Phi) is 6.27. The molecule has 0 radical (unpaired) electrons. The van der Waals surface area contributed by atoms with Crippen LogP contribution in [0, 0.1) is 19.8 Å². The summed E-state index contributed by atoms with van der Waals surface area (Å²) in [7, 11) is 0. The molecule has 2 nitrogen and oxygen atoms in total. The first kappa shape index (κ1) is 15.1. The molecular formula is C15H23NOS. The van der Waals surface area contributed by atoms with E-state index in [0.29, 0.717) is 11.7 Å². The molecule has 1 aromatic rings. The van der Waals surface area contributed by atoms with Crippen molar-refractivity contribution in [1.82, 2.24) is 5.32 Å². The standard InChI is InChI=1S/C15H23NOS/c1-11(2)8-16-15(17)10-18-9-14-6-12(3)5-13(4)7-14/h5-7,11H,8-10H2,1-4H3,(H,16,17). The summed E-state index contributed by atoms with van der Waals surface area (Å²) in [5.74, 6) is 2.09. The third-order valence-corrected chi connectivity index (χ3v) is 3.49. The molecule has 0 spiro atoms. The zero-order valence-electron chi connectivity index (χ0n) is 11.7. The molecule has 0 bridgehead atoms. The number of thioether (sulfide) groups is 1. The maximum Gasteiger partial charge on any atom is 0.230 e. The monoisotopic (exact) mass is 265 g/mol. The molecule has 0 aliphatic rings. The smallest absolute Gasteiger partial charge is 0.230 e. The maximum absolute atomic E-state index is 11.5. The van der Waals surface area contributed by atoms with Crippen LogP contribution in [0.3, 0.4) is 0 Å². The summed E-state index contributed by atoms with van der Waals surface area (Å²) in [5, 5.41) is 2.93. The lowest BCUT2D eigenvalue weighted by molar-refractivity contribution is -0.118. The van der Waals surface area contributed by atoms with Gasteiger partial charge >= 0.3 is 0 Å². The first-order valence-electron chi connectivity index (χ1n) is 6.39. The summed E-state index contributed by atoms with van der Waals surface area (Å²) in [6, 6.07) is 6.54. The zero-order chi connectivity index (χ0) is 13.5. The van der Waals surface area contributed by atoms with Crippen molar-refractivity contribution in [3.05, 3.63) is 34.9 Å². The third-order valence-electron chi connectivity index (χ3n) is 2.49. The number of amides is 1. The first-order valence-corrected chi connectivity index (χ1v) is 7.54. The van der Waals surface area contributed by atoms with Crippen LogP contribution >= 0.6 is 11.8 Å². The van der Waals surface area contributed by atoms with Crippen LogP contribution in [0.1, 0.15) is 30.5 Å². The maximum atomic E-state index is 11.5. The summed E-state index contributed by atoms with van der Waals surface area (Å²) in [4.78, 5) is 11.5. The van der Waals surface area contributed by atoms with Gasteiger partial charge in [0.15, 0.2) is 0 Å². The highest BCUT2D eigenvalue weighted by atomic mass is 32.2. The Labute approximate surface area is 115 Å². The van der Waals surface area contributed by atoms with Crippen molar-refractivity contribution in [1.29, 1.82) is 0 Å². The van der Waals surface area contributed by atoms with Crippen LogP contribution < -0.4 is 5.32 Å². The van der Waals surface area contributed by atoms with E-state index in [9.17, 15) is 4.79 Å². The lowest BCUT2D eigenvalue weighted by Gasteiger charge is -2.08. The van der Waals surface area contributed by atoms with E-state index in [1.54, 1.807) is 11.8 Å². The highest BCUT2D eigenvalue weighted by Crippen LogP contribution is 2.15. The van der Waals surface area contributed by atoms with Crippen LogP contribution in [-0.4, -0.2) is 18.2 Å². The average molecular weight is 265 g/mol. The van der Waals surface area contributed by atoms with Crippen molar-refractivity contribution in [3.63, 3.8) is 0 Å². The van der Waals surface area contributed by atoms with Crippen molar-refractivity contribution in [3.8, 4) is 0 Å². The Balaban J connectivity index is 2.30. The minimum absolute atomic E-state index is 0.137. The van der Waals surface area contributed by atoms with E-state index < -0.39 is 0 Å². The van der Waals surface area contributed by atoms with Gasteiger partial charge in [0.1, 0.15) is 0 Å². The van der Waals surface area contributed by atoms with Gasteiger partial charge in [-0.2, -0.15) is 0 Å². The minimum atomic E-state index is 0.137. The van der Waals surface area contributed by atoms with Gasteiger partial charge in [-0.25, -0.2) is 0 Å². The molecule has 3 heteroatoms. The van der Waals surface area contributed by atoms with Gasteiger partial charge < -0.3 is 5.32 Å². The van der Waals surface area contributed by atoms with Crippen molar-refractivity contribution in [2.75, 3.05) is 12.3 Å². The van der Waals surface area contributed by atoms with Crippen LogP contribution in [-0.2, 0) is 10.5 Å². The molecule has 1 aromatic carbocycles. The van der Waals surface area contributed by atoms with Crippen LogP contribution in [0.5, 0.6) is 0 Å². The predicted octanol–water partition coefficient (Wildman–Crippen LogP) is 3.31. The van der Waals surface area contributed by atoms with E-state index in [-0.39, 0.29) is 5.91 Å². The molecule has 0 heterocycles. The van der Waals surface area contributed by atoms with Crippen molar-refractivity contribution in [2.45, 2.75) is 33.4 Å². The molecule has 1 rings (SSSR count). The van der Waals surface area contributed by atoms with Gasteiger partial charge in [-0.1, -0.05) is 43.2 Å². The van der Waals surface area contributed by atoms with Gasteiger partial charge in [0.05, 0.1) is 5.75 Å². The van der Waals surface area contributed by atoms with E-state index in [1.807, 2.05) is 0 Å². The number of nitrogens with one attached hydrogen (secondary N) is 1. The van der Waals surface area contributed by atoms with E-state index >= 15 is 0 Å². The molecule has 18 heavy (non-hydrogen) atoms. The number of rotatable bonds is 6. The molecule has 0 aliphatic carbocycles. The molecule has 0 atom stereocenters. The first-order chi connectivity index (χ1) is 8.47.